The van der Waals surface area contributed by atoms with Gasteiger partial charge < -0.3 is 38.9 Å². The predicted molar refractivity (Wildman–Crippen MR) is 154 cm³/mol. The second-order valence-corrected chi connectivity index (χ2v) is 10.3. The van der Waals surface area contributed by atoms with Gasteiger partial charge in [-0.25, -0.2) is 4.98 Å². The summed E-state index contributed by atoms with van der Waals surface area (Å²) in [5.74, 6) is 1.19. The highest BCUT2D eigenvalue weighted by atomic mass is 16.5. The van der Waals surface area contributed by atoms with Crippen LogP contribution in [0.3, 0.4) is 0 Å². The molecular weight excluding hydrogens is 556 g/mol. The zero-order valence-electron chi connectivity index (χ0n) is 23.8. The number of fused-ring (bicyclic) bond motifs is 8. The van der Waals surface area contributed by atoms with Crippen molar-refractivity contribution in [3.05, 3.63) is 77.2 Å². The minimum atomic E-state index is -0.587. The normalized spacial score (nSPS) is 18.6. The lowest BCUT2D eigenvalue weighted by Gasteiger charge is -2.22. The molecule has 222 valence electrons. The number of hydrogen-bond acceptors (Lipinski definition) is 9. The van der Waals surface area contributed by atoms with E-state index in [2.05, 4.69) is 15.6 Å². The number of oxazole rings is 1. The van der Waals surface area contributed by atoms with E-state index in [0.717, 1.165) is 5.56 Å². The van der Waals surface area contributed by atoms with E-state index < -0.39 is 18.1 Å². The molecule has 12 nitrogen and oxygen atoms in total. The van der Waals surface area contributed by atoms with Crippen LogP contribution in [0.4, 0.5) is 0 Å². The molecule has 3 aliphatic heterocycles. The molecule has 43 heavy (non-hydrogen) atoms. The van der Waals surface area contributed by atoms with E-state index in [1.807, 2.05) is 0 Å². The second-order valence-electron chi connectivity index (χ2n) is 10.3. The lowest BCUT2D eigenvalue weighted by atomic mass is 10.1. The van der Waals surface area contributed by atoms with Gasteiger partial charge in [-0.3, -0.25) is 14.4 Å². The van der Waals surface area contributed by atoms with Crippen LogP contribution in [0.15, 0.2) is 59.0 Å². The van der Waals surface area contributed by atoms with E-state index in [0.29, 0.717) is 45.6 Å². The van der Waals surface area contributed by atoms with E-state index >= 15 is 0 Å². The van der Waals surface area contributed by atoms with Crippen molar-refractivity contribution >= 4 is 28.8 Å². The van der Waals surface area contributed by atoms with E-state index in [9.17, 15) is 14.4 Å². The summed E-state index contributed by atoms with van der Waals surface area (Å²) in [5.41, 5.74) is 2.63. The van der Waals surface area contributed by atoms with Gasteiger partial charge in [-0.2, -0.15) is 0 Å². The van der Waals surface area contributed by atoms with Gasteiger partial charge in [-0.1, -0.05) is 0 Å². The van der Waals surface area contributed by atoms with Crippen molar-refractivity contribution < 1.29 is 37.7 Å². The van der Waals surface area contributed by atoms with Crippen LogP contribution in [0, 0.1) is 6.92 Å². The van der Waals surface area contributed by atoms with Gasteiger partial charge in [0.05, 0.1) is 26.8 Å². The molecule has 0 spiro atoms. The molecule has 2 atom stereocenters. The van der Waals surface area contributed by atoms with Crippen molar-refractivity contribution in [1.29, 1.82) is 0 Å². The van der Waals surface area contributed by atoms with Crippen LogP contribution < -0.4 is 29.6 Å². The Morgan fingerprint density at radius 2 is 1.86 bits per heavy atom. The van der Waals surface area contributed by atoms with Crippen LogP contribution in [-0.4, -0.2) is 73.7 Å². The minimum absolute atomic E-state index is 0.198. The lowest BCUT2D eigenvalue weighted by molar-refractivity contribution is -0.123. The summed E-state index contributed by atoms with van der Waals surface area (Å²) in [6.07, 6.45) is -0.587. The van der Waals surface area contributed by atoms with Gasteiger partial charge in [0.2, 0.25) is 0 Å². The summed E-state index contributed by atoms with van der Waals surface area (Å²) >= 11 is 0. The number of nitrogens with one attached hydrogen (secondary N) is 2. The SMILES string of the molecule is COc1cc2cc(c1)C(=O)N[C@H]1CN(C(=O)c3ccc4nc(C)oc4c3)C[C@@H]1Oc1ccc(c(OC)c1)CNC(=O)CO2. The first-order chi connectivity index (χ1) is 20.8. The molecule has 1 saturated heterocycles. The van der Waals surface area contributed by atoms with Crippen LogP contribution in [0.25, 0.3) is 11.1 Å². The number of rotatable bonds is 3. The molecule has 4 heterocycles. The Balaban J connectivity index is 1.33. The van der Waals surface area contributed by atoms with Crippen LogP contribution in [0.2, 0.25) is 0 Å². The average Bonchev–Trinajstić information content (AvgIpc) is 3.59. The van der Waals surface area contributed by atoms with Gasteiger partial charge in [0, 0.05) is 48.8 Å². The van der Waals surface area contributed by atoms with Crippen LogP contribution in [0.5, 0.6) is 23.0 Å². The number of amides is 3. The number of carbonyl (C=O) groups excluding carboxylic acids is 3. The predicted octanol–water partition coefficient (Wildman–Crippen LogP) is 2.86. The molecule has 0 aliphatic carbocycles. The van der Waals surface area contributed by atoms with Crippen LogP contribution >= 0.6 is 0 Å². The topological polar surface area (TPSA) is 141 Å². The van der Waals surface area contributed by atoms with Gasteiger partial charge in [0.25, 0.3) is 17.7 Å². The summed E-state index contributed by atoms with van der Waals surface area (Å²) in [6.45, 7) is 2.10. The summed E-state index contributed by atoms with van der Waals surface area (Å²) in [5, 5.41) is 5.83. The Morgan fingerprint density at radius 1 is 1.00 bits per heavy atom. The van der Waals surface area contributed by atoms with Crippen molar-refractivity contribution in [3.63, 3.8) is 0 Å². The Labute approximate surface area is 246 Å². The zero-order chi connectivity index (χ0) is 30.1. The number of hydrogen-bond donors (Lipinski definition) is 2. The number of nitrogens with zero attached hydrogens (tertiary/aromatic N) is 2. The first kappa shape index (κ1) is 27.9. The molecule has 2 N–H and O–H groups in total. The minimum Gasteiger partial charge on any atom is -0.497 e. The molecule has 3 aromatic carbocycles. The van der Waals surface area contributed by atoms with Crippen molar-refractivity contribution in [3.8, 4) is 23.0 Å². The number of aromatic nitrogens is 1. The molecule has 0 radical (unpaired) electrons. The molecule has 0 saturated carbocycles. The second kappa shape index (κ2) is 11.6. The van der Waals surface area contributed by atoms with Crippen molar-refractivity contribution in [2.45, 2.75) is 25.6 Å². The standard InChI is InChI=1S/C31H30N4O8/c1-17-33-24-7-5-18(10-27(24)42-17)31(38)35-14-25-28(15-35)43-21-6-4-19(26(12-21)40-3)13-32-29(36)16-41-23-9-20(30(37)34-25)8-22(11-23)39-2/h4-12,25,28H,13-16H2,1-3H3,(H,32,36)(H,34,37)/t25-,28-/m0/s1. The molecule has 1 fully saturated rings. The summed E-state index contributed by atoms with van der Waals surface area (Å²) in [4.78, 5) is 45.6. The number of likely N-dealkylation sites (tertiary alicyclic amines) is 1. The maximum atomic E-state index is 13.6. The molecule has 7 rings (SSSR count). The number of aryl methyl sites for hydroxylation is 1. The molecule has 12 heteroatoms. The van der Waals surface area contributed by atoms with E-state index in [1.165, 1.54) is 20.3 Å². The molecule has 3 amide bonds. The molecule has 4 bridgehead atoms. The van der Waals surface area contributed by atoms with Crippen LogP contribution in [0.1, 0.15) is 32.2 Å². The molecular formula is C31H30N4O8. The fraction of sp³-hybridized carbons (Fsp3) is 0.290. The fourth-order valence-corrected chi connectivity index (χ4v) is 5.22. The smallest absolute Gasteiger partial charge is 0.258 e. The van der Waals surface area contributed by atoms with Gasteiger partial charge in [-0.05, 0) is 42.5 Å². The lowest BCUT2D eigenvalue weighted by Crippen LogP contribution is -2.45. The van der Waals surface area contributed by atoms with Gasteiger partial charge in [0.15, 0.2) is 18.1 Å². The number of benzene rings is 3. The Hall–Kier alpha value is -5.26. The highest BCUT2D eigenvalue weighted by Gasteiger charge is 2.39. The highest BCUT2D eigenvalue weighted by molar-refractivity contribution is 5.98. The number of methoxy groups -OCH3 is 2. The van der Waals surface area contributed by atoms with Gasteiger partial charge >= 0.3 is 0 Å². The zero-order valence-corrected chi connectivity index (χ0v) is 23.8. The first-order valence-electron chi connectivity index (χ1n) is 13.7. The third-order valence-electron chi connectivity index (χ3n) is 7.38. The maximum Gasteiger partial charge on any atom is 0.258 e. The third-order valence-corrected chi connectivity index (χ3v) is 7.38. The molecule has 4 aromatic rings. The quantitative estimate of drug-likeness (QED) is 0.371. The molecule has 0 unspecified atom stereocenters. The third kappa shape index (κ3) is 5.89. The molecule has 3 aliphatic rings. The first-order valence-corrected chi connectivity index (χ1v) is 13.7. The Morgan fingerprint density at radius 3 is 2.67 bits per heavy atom. The van der Waals surface area contributed by atoms with Crippen LogP contribution in [-0.2, 0) is 11.3 Å². The number of carbonyl (C=O) groups is 3. The van der Waals surface area contributed by atoms with E-state index in [-0.39, 0.29) is 43.6 Å². The van der Waals surface area contributed by atoms with Gasteiger partial charge in [-0.15, -0.1) is 0 Å². The fourth-order valence-electron chi connectivity index (χ4n) is 5.22. The van der Waals surface area contributed by atoms with E-state index in [1.54, 1.807) is 60.4 Å². The maximum absolute atomic E-state index is 13.6. The summed E-state index contributed by atoms with van der Waals surface area (Å²) in [6, 6.07) is 14.5. The number of ether oxygens (including phenoxy) is 4. The highest BCUT2D eigenvalue weighted by Crippen LogP contribution is 2.29. The van der Waals surface area contributed by atoms with Crippen molar-refractivity contribution in [2.24, 2.45) is 0 Å². The van der Waals surface area contributed by atoms with Crippen molar-refractivity contribution in [1.82, 2.24) is 20.5 Å². The van der Waals surface area contributed by atoms with Gasteiger partial charge in [0.1, 0.15) is 34.6 Å². The molecule has 1 aromatic heterocycles. The largest absolute Gasteiger partial charge is 0.497 e. The average molecular weight is 587 g/mol. The summed E-state index contributed by atoms with van der Waals surface area (Å²) < 4.78 is 28.6. The Bertz CT molecular complexity index is 1720. The monoisotopic (exact) mass is 586 g/mol. The summed E-state index contributed by atoms with van der Waals surface area (Å²) in [7, 11) is 3.00. The van der Waals surface area contributed by atoms with E-state index in [4.69, 9.17) is 23.4 Å². The Kier molecular flexibility index (Phi) is 7.49. The van der Waals surface area contributed by atoms with Crippen molar-refractivity contribution in [2.75, 3.05) is 33.9 Å².